The van der Waals surface area contributed by atoms with Crippen LogP contribution in [0.15, 0.2) is 97.1 Å². The van der Waals surface area contributed by atoms with Gasteiger partial charge in [-0.15, -0.1) is 0 Å². The Morgan fingerprint density at radius 2 is 0.943 bits per heavy atom. The van der Waals surface area contributed by atoms with E-state index in [1.807, 2.05) is 98.8 Å². The Morgan fingerprint density at radius 1 is 0.571 bits per heavy atom. The molecule has 176 valence electrons. The molecule has 0 fully saturated rings. The van der Waals surface area contributed by atoms with Crippen LogP contribution in [-0.2, 0) is 6.42 Å². The van der Waals surface area contributed by atoms with E-state index in [9.17, 15) is 9.59 Å². The molecule has 0 unspecified atom stereocenters. The molecule has 0 aliphatic rings. The maximum Gasteiger partial charge on any atom is 0.417 e. The van der Waals surface area contributed by atoms with Gasteiger partial charge in [0.05, 0.1) is 0 Å². The summed E-state index contributed by atoms with van der Waals surface area (Å²) in [7, 11) is 0. The highest BCUT2D eigenvalue weighted by atomic mass is 16.6. The molecule has 0 atom stereocenters. The summed E-state index contributed by atoms with van der Waals surface area (Å²) in [5.41, 5.74) is 5.26. The van der Waals surface area contributed by atoms with Crippen molar-refractivity contribution in [2.24, 2.45) is 0 Å². The van der Waals surface area contributed by atoms with Crippen molar-refractivity contribution >= 4 is 23.6 Å². The molecule has 2 N–H and O–H groups in total. The maximum atomic E-state index is 12.2. The quantitative estimate of drug-likeness (QED) is 0.317. The molecule has 35 heavy (non-hydrogen) atoms. The highest BCUT2D eigenvalue weighted by Gasteiger charge is 2.09. The highest BCUT2D eigenvalue weighted by Crippen LogP contribution is 2.20. The minimum atomic E-state index is -0.531. The molecule has 0 aliphatic carbocycles. The second-order valence-corrected chi connectivity index (χ2v) is 8.13. The first-order chi connectivity index (χ1) is 17.0. The fourth-order valence-corrected chi connectivity index (χ4v) is 3.48. The number of amides is 2. The minimum absolute atomic E-state index is 0.531. The van der Waals surface area contributed by atoms with Crippen molar-refractivity contribution < 1.29 is 19.1 Å². The summed E-state index contributed by atoms with van der Waals surface area (Å²) in [5, 5.41) is 5.48. The van der Waals surface area contributed by atoms with E-state index in [2.05, 4.69) is 10.6 Å². The van der Waals surface area contributed by atoms with E-state index in [1.54, 1.807) is 12.1 Å². The third kappa shape index (κ3) is 6.71. The molecular weight excluding hydrogens is 440 g/mol. The number of para-hydroxylation sites is 2. The Morgan fingerprint density at radius 3 is 1.31 bits per heavy atom. The average Bonchev–Trinajstić information content (AvgIpc) is 2.84. The van der Waals surface area contributed by atoms with Crippen LogP contribution in [0.2, 0.25) is 0 Å². The molecular formula is C29H26N2O4. The Hall–Kier alpha value is -4.58. The van der Waals surface area contributed by atoms with Gasteiger partial charge in [-0.3, -0.25) is 10.6 Å². The molecule has 2 amide bonds. The lowest BCUT2D eigenvalue weighted by molar-refractivity contribution is 0.214. The van der Waals surface area contributed by atoms with Crippen molar-refractivity contribution in [2.45, 2.75) is 20.3 Å². The first kappa shape index (κ1) is 23.6. The predicted molar refractivity (Wildman–Crippen MR) is 137 cm³/mol. The van der Waals surface area contributed by atoms with E-state index >= 15 is 0 Å². The number of anilines is 2. The van der Waals surface area contributed by atoms with Crippen molar-refractivity contribution in [3.05, 3.63) is 119 Å². The number of carbonyl (C=O) groups excluding carboxylic acids is 2. The van der Waals surface area contributed by atoms with Crippen LogP contribution in [0.25, 0.3) is 0 Å². The van der Waals surface area contributed by atoms with Crippen LogP contribution in [-0.4, -0.2) is 12.2 Å². The summed E-state index contributed by atoms with van der Waals surface area (Å²) in [6.07, 6.45) is -0.353. The number of hydrogen-bond acceptors (Lipinski definition) is 4. The Kier molecular flexibility index (Phi) is 7.43. The van der Waals surface area contributed by atoms with Gasteiger partial charge in [0.15, 0.2) is 0 Å². The van der Waals surface area contributed by atoms with E-state index in [4.69, 9.17) is 9.47 Å². The second-order valence-electron chi connectivity index (χ2n) is 8.13. The van der Waals surface area contributed by atoms with E-state index in [0.717, 1.165) is 22.3 Å². The topological polar surface area (TPSA) is 76.7 Å². The van der Waals surface area contributed by atoms with Gasteiger partial charge in [0.2, 0.25) is 0 Å². The van der Waals surface area contributed by atoms with E-state index in [1.165, 1.54) is 0 Å². The highest BCUT2D eigenvalue weighted by molar-refractivity contribution is 5.87. The molecule has 4 rings (SSSR count). The monoisotopic (exact) mass is 466 g/mol. The molecule has 0 aromatic heterocycles. The average molecular weight is 467 g/mol. The Labute approximate surface area is 204 Å². The van der Waals surface area contributed by atoms with Crippen LogP contribution in [0.4, 0.5) is 21.0 Å². The van der Waals surface area contributed by atoms with Gasteiger partial charge in [-0.1, -0.05) is 60.7 Å². The van der Waals surface area contributed by atoms with Crippen LogP contribution in [0.1, 0.15) is 22.3 Å². The normalized spacial score (nSPS) is 10.3. The van der Waals surface area contributed by atoms with Crippen LogP contribution in [0, 0.1) is 13.8 Å². The van der Waals surface area contributed by atoms with Gasteiger partial charge in [-0.05, 0) is 78.9 Å². The van der Waals surface area contributed by atoms with Crippen molar-refractivity contribution in [1.29, 1.82) is 0 Å². The van der Waals surface area contributed by atoms with Gasteiger partial charge >= 0.3 is 12.2 Å². The van der Waals surface area contributed by atoms with Crippen molar-refractivity contribution in [3.8, 4) is 11.5 Å². The second kappa shape index (κ2) is 11.0. The van der Waals surface area contributed by atoms with E-state index < -0.39 is 12.2 Å². The first-order valence-corrected chi connectivity index (χ1v) is 11.2. The number of ether oxygens (including phenoxy) is 2. The zero-order chi connectivity index (χ0) is 24.6. The third-order valence-electron chi connectivity index (χ3n) is 5.40. The van der Waals surface area contributed by atoms with E-state index in [0.29, 0.717) is 29.3 Å². The summed E-state index contributed by atoms with van der Waals surface area (Å²) in [5.74, 6) is 1.06. The summed E-state index contributed by atoms with van der Waals surface area (Å²) < 4.78 is 10.7. The summed E-state index contributed by atoms with van der Waals surface area (Å²) in [6, 6.07) is 29.9. The van der Waals surface area contributed by atoms with Gasteiger partial charge in [0.25, 0.3) is 0 Å². The standard InChI is InChI=1S/C29H26N2O4/c1-20-7-3-5-9-26(20)34-28(32)30-24-15-11-22(12-16-24)19-23-13-17-25(18-14-23)31-29(33)35-27-10-6-4-8-21(27)2/h3-18H,19H2,1-2H3,(H,30,32)(H,31,33). The summed E-state index contributed by atoms with van der Waals surface area (Å²) >= 11 is 0. The number of hydrogen-bond donors (Lipinski definition) is 2. The predicted octanol–water partition coefficient (Wildman–Crippen LogP) is 7.12. The van der Waals surface area contributed by atoms with Gasteiger partial charge in [-0.25, -0.2) is 9.59 Å². The lowest BCUT2D eigenvalue weighted by Crippen LogP contribution is -2.17. The van der Waals surface area contributed by atoms with Crippen molar-refractivity contribution in [2.75, 3.05) is 10.6 Å². The lowest BCUT2D eigenvalue weighted by atomic mass is 10.0. The molecule has 0 bridgehead atoms. The Bertz CT molecular complexity index is 1210. The number of aryl methyl sites for hydroxylation is 2. The van der Waals surface area contributed by atoms with Gasteiger partial charge in [0.1, 0.15) is 11.5 Å². The first-order valence-electron chi connectivity index (χ1n) is 11.2. The molecule has 0 saturated carbocycles. The minimum Gasteiger partial charge on any atom is -0.410 e. The summed E-state index contributed by atoms with van der Waals surface area (Å²) in [4.78, 5) is 24.3. The molecule has 6 heteroatoms. The largest absolute Gasteiger partial charge is 0.417 e. The van der Waals surface area contributed by atoms with E-state index in [-0.39, 0.29) is 0 Å². The van der Waals surface area contributed by atoms with Crippen molar-refractivity contribution in [3.63, 3.8) is 0 Å². The Balaban J connectivity index is 1.28. The molecule has 0 heterocycles. The molecule has 0 saturated heterocycles. The van der Waals surface area contributed by atoms with Crippen LogP contribution < -0.4 is 20.1 Å². The zero-order valence-electron chi connectivity index (χ0n) is 19.6. The fraction of sp³-hybridized carbons (Fsp3) is 0.103. The lowest BCUT2D eigenvalue weighted by Gasteiger charge is -2.10. The maximum absolute atomic E-state index is 12.2. The number of benzene rings is 4. The van der Waals surface area contributed by atoms with Crippen molar-refractivity contribution in [1.82, 2.24) is 0 Å². The molecule has 6 nitrogen and oxygen atoms in total. The fourth-order valence-electron chi connectivity index (χ4n) is 3.48. The van der Waals surface area contributed by atoms with Crippen LogP contribution in [0.3, 0.4) is 0 Å². The van der Waals surface area contributed by atoms with Gasteiger partial charge in [0, 0.05) is 11.4 Å². The number of nitrogens with one attached hydrogen (secondary N) is 2. The molecule has 0 spiro atoms. The number of rotatable bonds is 6. The molecule has 0 aliphatic heterocycles. The van der Waals surface area contributed by atoms with Gasteiger partial charge in [-0.2, -0.15) is 0 Å². The smallest absolute Gasteiger partial charge is 0.410 e. The number of carbonyl (C=O) groups is 2. The summed E-state index contributed by atoms with van der Waals surface area (Å²) in [6.45, 7) is 3.77. The molecule has 4 aromatic rings. The molecule has 0 radical (unpaired) electrons. The van der Waals surface area contributed by atoms with Crippen LogP contribution in [0.5, 0.6) is 11.5 Å². The van der Waals surface area contributed by atoms with Gasteiger partial charge < -0.3 is 9.47 Å². The third-order valence-corrected chi connectivity index (χ3v) is 5.40. The molecule has 4 aromatic carbocycles. The zero-order valence-corrected chi connectivity index (χ0v) is 19.6. The SMILES string of the molecule is Cc1ccccc1OC(=O)Nc1ccc(Cc2ccc(NC(=O)Oc3ccccc3C)cc2)cc1. The van der Waals surface area contributed by atoms with Crippen LogP contribution >= 0.6 is 0 Å².